The Hall–Kier alpha value is -3.00. The van der Waals surface area contributed by atoms with Crippen LogP contribution in [0.3, 0.4) is 0 Å². The molecule has 0 bridgehead atoms. The number of nitrogens with one attached hydrogen (secondary N) is 2. The minimum absolute atomic E-state index is 0.218. The first-order chi connectivity index (χ1) is 11.2. The molecule has 1 saturated heterocycles. The number of carbonyl (C=O) groups excluding carboxylic acids is 1. The van der Waals surface area contributed by atoms with Crippen LogP contribution in [-0.2, 0) is 11.8 Å². The van der Waals surface area contributed by atoms with Gasteiger partial charge in [-0.15, -0.1) is 11.3 Å². The van der Waals surface area contributed by atoms with E-state index < -0.39 is 0 Å². The summed E-state index contributed by atoms with van der Waals surface area (Å²) < 4.78 is 2.73. The molecule has 1 aliphatic rings. The van der Waals surface area contributed by atoms with Gasteiger partial charge >= 0.3 is 0 Å². The molecule has 3 aromatic rings. The quantitative estimate of drug-likeness (QED) is 0.704. The maximum atomic E-state index is 12.0. The lowest BCUT2D eigenvalue weighted by Crippen LogP contribution is -2.24. The fraction of sp³-hybridized carbons (Fsp3) is 0.0667. The third kappa shape index (κ3) is 2.71. The molecule has 2 aromatic heterocycles. The van der Waals surface area contributed by atoms with Gasteiger partial charge in [-0.3, -0.25) is 14.8 Å². The van der Waals surface area contributed by atoms with Crippen LogP contribution in [0.5, 0.6) is 0 Å². The maximum absolute atomic E-state index is 12.0. The minimum atomic E-state index is -0.218. The van der Waals surface area contributed by atoms with Gasteiger partial charge in [0.2, 0.25) is 5.96 Å². The van der Waals surface area contributed by atoms with Crippen LogP contribution in [0, 0.1) is 0 Å². The van der Waals surface area contributed by atoms with E-state index in [1.54, 1.807) is 39.9 Å². The highest BCUT2D eigenvalue weighted by Crippen LogP contribution is 2.20. The van der Waals surface area contributed by atoms with Crippen molar-refractivity contribution in [3.63, 3.8) is 0 Å². The maximum Gasteiger partial charge on any atom is 0.274 e. The largest absolute Gasteiger partial charge is 0.321 e. The molecule has 0 spiro atoms. The smallest absolute Gasteiger partial charge is 0.274 e. The average molecular weight is 324 g/mol. The molecular formula is C15H12N6OS. The highest BCUT2D eigenvalue weighted by Gasteiger charge is 2.22. The Morgan fingerprint density at radius 2 is 2.22 bits per heavy atom. The Bertz CT molecular complexity index is 967. The molecule has 8 heteroatoms. The highest BCUT2D eigenvalue weighted by atomic mass is 32.1. The third-order valence-electron chi connectivity index (χ3n) is 3.32. The number of hydrogen-bond donors (Lipinski definition) is 2. The van der Waals surface area contributed by atoms with Crippen LogP contribution >= 0.6 is 11.3 Å². The van der Waals surface area contributed by atoms with E-state index in [-0.39, 0.29) is 5.91 Å². The fourth-order valence-corrected chi connectivity index (χ4v) is 2.98. The molecule has 1 aliphatic heterocycles. The molecule has 23 heavy (non-hydrogen) atoms. The van der Waals surface area contributed by atoms with Crippen molar-refractivity contribution in [2.45, 2.75) is 0 Å². The van der Waals surface area contributed by atoms with Gasteiger partial charge in [-0.05, 0) is 23.8 Å². The summed E-state index contributed by atoms with van der Waals surface area (Å²) >= 11 is 1.57. The number of hydrogen-bond acceptors (Lipinski definition) is 5. The van der Waals surface area contributed by atoms with Gasteiger partial charge < -0.3 is 5.32 Å². The summed E-state index contributed by atoms with van der Waals surface area (Å²) in [5.74, 6) is 0.686. The van der Waals surface area contributed by atoms with Gasteiger partial charge in [0.15, 0.2) is 5.82 Å². The number of aryl methyl sites for hydroxylation is 1. The predicted molar refractivity (Wildman–Crippen MR) is 89.2 cm³/mol. The number of aromatic nitrogens is 3. The van der Waals surface area contributed by atoms with Crippen LogP contribution in [0.4, 0.5) is 5.82 Å². The molecule has 0 atom stereocenters. The van der Waals surface area contributed by atoms with Crippen molar-refractivity contribution in [1.29, 1.82) is 0 Å². The number of benzene rings is 1. The Morgan fingerprint density at radius 3 is 3.04 bits per heavy atom. The van der Waals surface area contributed by atoms with E-state index in [4.69, 9.17) is 0 Å². The molecule has 0 radical (unpaired) electrons. The molecule has 1 aromatic carbocycles. The first kappa shape index (κ1) is 13.6. The van der Waals surface area contributed by atoms with Crippen molar-refractivity contribution in [3.05, 3.63) is 47.2 Å². The summed E-state index contributed by atoms with van der Waals surface area (Å²) in [5, 5.41) is 9.81. The van der Waals surface area contributed by atoms with Crippen molar-refractivity contribution in [2.24, 2.45) is 12.0 Å². The van der Waals surface area contributed by atoms with E-state index in [1.807, 2.05) is 25.2 Å². The molecule has 7 nitrogen and oxygen atoms in total. The normalized spacial score (nSPS) is 17.9. The average Bonchev–Trinajstić information content (AvgIpc) is 3.21. The molecule has 0 unspecified atom stereocenters. The van der Waals surface area contributed by atoms with Crippen LogP contribution in [0.25, 0.3) is 16.3 Å². The highest BCUT2D eigenvalue weighted by molar-refractivity contribution is 7.16. The van der Waals surface area contributed by atoms with Gasteiger partial charge in [0.25, 0.3) is 5.91 Å². The zero-order valence-electron chi connectivity index (χ0n) is 12.1. The van der Waals surface area contributed by atoms with Crippen molar-refractivity contribution in [3.8, 4) is 0 Å². The summed E-state index contributed by atoms with van der Waals surface area (Å²) in [5.41, 5.74) is 4.14. The number of thiazole rings is 1. The van der Waals surface area contributed by atoms with Crippen molar-refractivity contribution in [2.75, 3.05) is 0 Å². The van der Waals surface area contributed by atoms with Crippen LogP contribution in [0.15, 0.2) is 46.7 Å². The summed E-state index contributed by atoms with van der Waals surface area (Å²) in [7, 11) is 1.81. The molecule has 2 N–H and O–H groups in total. The van der Waals surface area contributed by atoms with Gasteiger partial charge in [-0.2, -0.15) is 10.1 Å². The number of fused-ring (bicyclic) bond motifs is 1. The summed E-state index contributed by atoms with van der Waals surface area (Å²) in [6.07, 6.45) is 3.58. The lowest BCUT2D eigenvalue weighted by Gasteiger charge is -1.97. The monoisotopic (exact) mass is 324 g/mol. The zero-order chi connectivity index (χ0) is 15.8. The minimum Gasteiger partial charge on any atom is -0.321 e. The second-order valence-electron chi connectivity index (χ2n) is 5.02. The topological polar surface area (TPSA) is 84.2 Å². The Labute approximate surface area is 135 Å². The van der Waals surface area contributed by atoms with Gasteiger partial charge in [-0.1, -0.05) is 6.07 Å². The molecule has 1 amide bonds. The third-order valence-corrected chi connectivity index (χ3v) is 4.11. The zero-order valence-corrected chi connectivity index (χ0v) is 13.0. The first-order valence-electron chi connectivity index (χ1n) is 6.89. The van der Waals surface area contributed by atoms with Gasteiger partial charge in [0.05, 0.1) is 15.7 Å². The van der Waals surface area contributed by atoms with Crippen LogP contribution in [0.1, 0.15) is 5.56 Å². The van der Waals surface area contributed by atoms with E-state index >= 15 is 0 Å². The molecule has 4 rings (SSSR count). The predicted octanol–water partition coefficient (Wildman–Crippen LogP) is 1.78. The van der Waals surface area contributed by atoms with E-state index in [1.165, 1.54) is 0 Å². The number of carbonyl (C=O) groups is 1. The second kappa shape index (κ2) is 5.33. The number of guanidine groups is 1. The van der Waals surface area contributed by atoms with Gasteiger partial charge in [0, 0.05) is 19.3 Å². The summed E-state index contributed by atoms with van der Waals surface area (Å²) in [6.45, 7) is 0. The number of nitrogens with zero attached hydrogens (tertiary/aromatic N) is 4. The Kier molecular flexibility index (Phi) is 3.16. The number of amides is 1. The fourth-order valence-electron chi connectivity index (χ4n) is 2.25. The first-order valence-corrected chi connectivity index (χ1v) is 7.77. The van der Waals surface area contributed by atoms with Crippen molar-refractivity contribution >= 4 is 45.3 Å². The molecular weight excluding hydrogens is 312 g/mol. The van der Waals surface area contributed by atoms with E-state index in [2.05, 4.69) is 25.7 Å². The van der Waals surface area contributed by atoms with E-state index in [0.29, 0.717) is 17.5 Å². The van der Waals surface area contributed by atoms with Gasteiger partial charge in [0.1, 0.15) is 5.70 Å². The SMILES string of the molecule is Cn1ccc(N=C2NC(=O)/C(=C/c3ccc4ncsc4c3)N2)n1. The van der Waals surface area contributed by atoms with Gasteiger partial charge in [-0.25, -0.2) is 4.98 Å². The lowest BCUT2D eigenvalue weighted by atomic mass is 10.2. The standard InChI is InChI=1S/C15H12N6OS/c1-21-5-4-13(20-21)18-15-17-11(14(22)19-15)6-9-2-3-10-12(7-9)23-8-16-10/h2-8H,1H3,(H2,17,18,19,20,22)/b11-6-. The van der Waals surface area contributed by atoms with E-state index in [0.717, 1.165) is 15.8 Å². The lowest BCUT2D eigenvalue weighted by molar-refractivity contribution is -0.115. The summed E-state index contributed by atoms with van der Waals surface area (Å²) in [6, 6.07) is 7.63. The van der Waals surface area contributed by atoms with Crippen LogP contribution in [0.2, 0.25) is 0 Å². The summed E-state index contributed by atoms with van der Waals surface area (Å²) in [4.78, 5) is 20.5. The van der Waals surface area contributed by atoms with Crippen LogP contribution in [-0.4, -0.2) is 26.6 Å². The van der Waals surface area contributed by atoms with Crippen LogP contribution < -0.4 is 10.6 Å². The molecule has 114 valence electrons. The second-order valence-corrected chi connectivity index (χ2v) is 5.91. The Balaban J connectivity index is 1.61. The Morgan fingerprint density at radius 1 is 1.30 bits per heavy atom. The molecule has 1 fully saturated rings. The molecule has 0 aliphatic carbocycles. The number of rotatable bonds is 2. The van der Waals surface area contributed by atoms with Crippen molar-refractivity contribution in [1.82, 2.24) is 25.4 Å². The van der Waals surface area contributed by atoms with E-state index in [9.17, 15) is 4.79 Å². The molecule has 0 saturated carbocycles. The molecule has 3 heterocycles. The number of aliphatic imine (C=N–C) groups is 1. The van der Waals surface area contributed by atoms with Crippen molar-refractivity contribution < 1.29 is 4.79 Å².